The molecular weight excluding hydrogens is 264 g/mol. The molecule has 0 fully saturated rings. The van der Waals surface area contributed by atoms with Crippen molar-refractivity contribution in [3.05, 3.63) is 29.3 Å². The Bertz CT molecular complexity index is 525. The van der Waals surface area contributed by atoms with Crippen LogP contribution < -0.4 is 10.5 Å². The van der Waals surface area contributed by atoms with E-state index in [1.807, 2.05) is 30.5 Å². The summed E-state index contributed by atoms with van der Waals surface area (Å²) in [5.74, 6) is 0.827. The predicted octanol–water partition coefficient (Wildman–Crippen LogP) is 3.97. The second-order valence-electron chi connectivity index (χ2n) is 3.94. The van der Waals surface area contributed by atoms with Crippen molar-refractivity contribution >= 4 is 28.8 Å². The molecule has 0 aliphatic heterocycles. The number of aromatic nitrogens is 1. The van der Waals surface area contributed by atoms with Gasteiger partial charge in [-0.05, 0) is 25.5 Å². The largest absolute Gasteiger partial charge is 0.493 e. The topological polar surface area (TPSA) is 48.1 Å². The van der Waals surface area contributed by atoms with Crippen LogP contribution in [-0.2, 0) is 0 Å². The molecular formula is C13H16N2OS2. The quantitative estimate of drug-likeness (QED) is 0.842. The Labute approximate surface area is 115 Å². The molecule has 0 aliphatic carbocycles. The molecule has 3 nitrogen and oxygen atoms in total. The maximum Gasteiger partial charge on any atom is 0.154 e. The lowest BCUT2D eigenvalue weighted by Crippen LogP contribution is -1.96. The van der Waals surface area contributed by atoms with Crippen LogP contribution in [-0.4, -0.2) is 11.6 Å². The standard InChI is InChI=1S/C13H16N2OS2/c1-3-4-16-11-5-10(14)6-12(7-11)18-13-15-9(2)8-17-13/h5-8H,3-4,14H2,1-2H3. The van der Waals surface area contributed by atoms with E-state index in [4.69, 9.17) is 10.5 Å². The summed E-state index contributed by atoms with van der Waals surface area (Å²) in [5.41, 5.74) is 7.65. The maximum absolute atomic E-state index is 5.88. The van der Waals surface area contributed by atoms with Gasteiger partial charge >= 0.3 is 0 Å². The van der Waals surface area contributed by atoms with Crippen molar-refractivity contribution in [1.29, 1.82) is 0 Å². The van der Waals surface area contributed by atoms with Gasteiger partial charge in [-0.25, -0.2) is 4.98 Å². The number of thiazole rings is 1. The molecule has 0 atom stereocenters. The average molecular weight is 280 g/mol. The normalized spacial score (nSPS) is 10.6. The lowest BCUT2D eigenvalue weighted by atomic mass is 10.3. The molecule has 0 unspecified atom stereocenters. The number of ether oxygens (including phenoxy) is 1. The fraction of sp³-hybridized carbons (Fsp3) is 0.308. The highest BCUT2D eigenvalue weighted by Gasteiger charge is 2.05. The van der Waals surface area contributed by atoms with Gasteiger partial charge in [-0.1, -0.05) is 18.7 Å². The van der Waals surface area contributed by atoms with E-state index in [-0.39, 0.29) is 0 Å². The SMILES string of the molecule is CCCOc1cc(N)cc(Sc2nc(C)cs2)c1. The Balaban J connectivity index is 2.14. The molecule has 0 bridgehead atoms. The molecule has 1 aromatic heterocycles. The van der Waals surface area contributed by atoms with Gasteiger partial charge in [0.05, 0.1) is 6.61 Å². The zero-order valence-electron chi connectivity index (χ0n) is 10.5. The number of hydrogen-bond acceptors (Lipinski definition) is 5. The highest BCUT2D eigenvalue weighted by atomic mass is 32.2. The highest BCUT2D eigenvalue weighted by Crippen LogP contribution is 2.33. The van der Waals surface area contributed by atoms with Gasteiger partial charge in [0.15, 0.2) is 4.34 Å². The summed E-state index contributed by atoms with van der Waals surface area (Å²) >= 11 is 3.26. The molecule has 0 spiro atoms. The fourth-order valence-electron chi connectivity index (χ4n) is 1.44. The Morgan fingerprint density at radius 1 is 1.39 bits per heavy atom. The first-order valence-corrected chi connectivity index (χ1v) is 7.50. The molecule has 96 valence electrons. The Hall–Kier alpha value is -1.20. The number of nitrogens with zero attached hydrogens (tertiary/aromatic N) is 1. The number of nitrogens with two attached hydrogens (primary N) is 1. The zero-order valence-corrected chi connectivity index (χ0v) is 12.1. The summed E-state index contributed by atoms with van der Waals surface area (Å²) in [6.07, 6.45) is 0.989. The van der Waals surface area contributed by atoms with E-state index < -0.39 is 0 Å². The van der Waals surface area contributed by atoms with Gasteiger partial charge in [0.25, 0.3) is 0 Å². The van der Waals surface area contributed by atoms with Crippen LogP contribution in [0, 0.1) is 6.92 Å². The number of aryl methyl sites for hydroxylation is 1. The van der Waals surface area contributed by atoms with E-state index in [2.05, 4.69) is 11.9 Å². The summed E-state index contributed by atoms with van der Waals surface area (Å²) in [4.78, 5) is 5.49. The van der Waals surface area contributed by atoms with Gasteiger partial charge in [0, 0.05) is 27.7 Å². The number of hydrogen-bond donors (Lipinski definition) is 1. The molecule has 1 aromatic carbocycles. The first kappa shape index (κ1) is 13.2. The Kier molecular flexibility index (Phi) is 4.49. The second-order valence-corrected chi connectivity index (χ2v) is 6.12. The van der Waals surface area contributed by atoms with Crippen molar-refractivity contribution in [1.82, 2.24) is 4.98 Å². The number of rotatable bonds is 5. The zero-order chi connectivity index (χ0) is 13.0. The molecule has 0 radical (unpaired) electrons. The van der Waals surface area contributed by atoms with Crippen LogP contribution >= 0.6 is 23.1 Å². The van der Waals surface area contributed by atoms with Gasteiger partial charge in [-0.2, -0.15) is 0 Å². The molecule has 0 amide bonds. The molecule has 0 saturated carbocycles. The van der Waals surface area contributed by atoms with Crippen LogP contribution in [0.1, 0.15) is 19.0 Å². The van der Waals surface area contributed by atoms with Gasteiger partial charge in [0.2, 0.25) is 0 Å². The molecule has 2 aromatic rings. The van der Waals surface area contributed by atoms with Gasteiger partial charge in [0.1, 0.15) is 5.75 Å². The minimum atomic E-state index is 0.712. The van der Waals surface area contributed by atoms with Crippen LogP contribution in [0.5, 0.6) is 5.75 Å². The molecule has 0 aliphatic rings. The van der Waals surface area contributed by atoms with E-state index in [1.165, 1.54) is 0 Å². The Morgan fingerprint density at radius 2 is 2.22 bits per heavy atom. The van der Waals surface area contributed by atoms with Crippen molar-refractivity contribution in [2.24, 2.45) is 0 Å². The molecule has 2 rings (SSSR count). The van der Waals surface area contributed by atoms with Crippen LogP contribution in [0.15, 0.2) is 32.8 Å². The fourth-order valence-corrected chi connectivity index (χ4v) is 3.34. The summed E-state index contributed by atoms with van der Waals surface area (Å²) < 4.78 is 6.64. The van der Waals surface area contributed by atoms with E-state index >= 15 is 0 Å². The summed E-state index contributed by atoms with van der Waals surface area (Å²) in [6, 6.07) is 5.81. The summed E-state index contributed by atoms with van der Waals surface area (Å²) in [5, 5.41) is 2.04. The molecule has 1 heterocycles. The number of anilines is 1. The second kappa shape index (κ2) is 6.11. The third-order valence-electron chi connectivity index (χ3n) is 2.18. The van der Waals surface area contributed by atoms with Crippen LogP contribution in [0.3, 0.4) is 0 Å². The first-order chi connectivity index (χ1) is 8.67. The van der Waals surface area contributed by atoms with Crippen molar-refractivity contribution < 1.29 is 4.74 Å². The number of benzene rings is 1. The summed E-state index contributed by atoms with van der Waals surface area (Å²) in [7, 11) is 0. The lowest BCUT2D eigenvalue weighted by molar-refractivity contribution is 0.317. The van der Waals surface area contributed by atoms with Crippen molar-refractivity contribution in [3.8, 4) is 5.75 Å². The van der Waals surface area contributed by atoms with Crippen molar-refractivity contribution in [2.75, 3.05) is 12.3 Å². The van der Waals surface area contributed by atoms with Gasteiger partial charge in [-0.15, -0.1) is 11.3 Å². The average Bonchev–Trinajstić information content (AvgIpc) is 2.71. The molecule has 18 heavy (non-hydrogen) atoms. The third kappa shape index (κ3) is 3.65. The smallest absolute Gasteiger partial charge is 0.154 e. The molecule has 5 heteroatoms. The van der Waals surface area contributed by atoms with Gasteiger partial charge in [-0.3, -0.25) is 0 Å². The van der Waals surface area contributed by atoms with E-state index in [0.29, 0.717) is 6.61 Å². The molecule has 0 saturated heterocycles. The number of nitrogen functional groups attached to an aromatic ring is 1. The lowest BCUT2D eigenvalue weighted by Gasteiger charge is -2.07. The van der Waals surface area contributed by atoms with Gasteiger partial charge < -0.3 is 10.5 Å². The highest BCUT2D eigenvalue weighted by molar-refractivity contribution is 8.01. The van der Waals surface area contributed by atoms with Crippen LogP contribution in [0.4, 0.5) is 5.69 Å². The van der Waals surface area contributed by atoms with E-state index in [9.17, 15) is 0 Å². The van der Waals surface area contributed by atoms with Crippen LogP contribution in [0.2, 0.25) is 0 Å². The van der Waals surface area contributed by atoms with Crippen molar-refractivity contribution in [2.45, 2.75) is 29.5 Å². The maximum atomic E-state index is 5.88. The molecule has 2 N–H and O–H groups in total. The van der Waals surface area contributed by atoms with Crippen molar-refractivity contribution in [3.63, 3.8) is 0 Å². The summed E-state index contributed by atoms with van der Waals surface area (Å²) in [6.45, 7) is 4.79. The minimum absolute atomic E-state index is 0.712. The Morgan fingerprint density at radius 3 is 2.89 bits per heavy atom. The monoisotopic (exact) mass is 280 g/mol. The van der Waals surface area contributed by atoms with E-state index in [0.717, 1.165) is 32.8 Å². The predicted molar refractivity (Wildman–Crippen MR) is 77.6 cm³/mol. The third-order valence-corrected chi connectivity index (χ3v) is 4.21. The van der Waals surface area contributed by atoms with E-state index in [1.54, 1.807) is 23.1 Å². The first-order valence-electron chi connectivity index (χ1n) is 5.80. The van der Waals surface area contributed by atoms with Crippen LogP contribution in [0.25, 0.3) is 0 Å². The minimum Gasteiger partial charge on any atom is -0.493 e.